The van der Waals surface area contributed by atoms with E-state index in [2.05, 4.69) is 17.2 Å². The van der Waals surface area contributed by atoms with E-state index in [1.807, 2.05) is 24.0 Å². The largest absolute Gasteiger partial charge is 0.337 e. The number of aromatic nitrogens is 1. The summed E-state index contributed by atoms with van der Waals surface area (Å²) in [6.45, 7) is 7.86. The molecule has 0 saturated carbocycles. The minimum absolute atomic E-state index is 0. The third kappa shape index (κ3) is 5.46. The summed E-state index contributed by atoms with van der Waals surface area (Å²) in [5.74, 6) is 0.786. The highest BCUT2D eigenvalue weighted by Gasteiger charge is 2.24. The molecule has 1 aliphatic rings. The van der Waals surface area contributed by atoms with Crippen LogP contribution in [-0.4, -0.2) is 42.0 Å². The minimum Gasteiger partial charge on any atom is -0.337 e. The van der Waals surface area contributed by atoms with Gasteiger partial charge in [-0.1, -0.05) is 13.0 Å². The predicted molar refractivity (Wildman–Crippen MR) is 90.6 cm³/mol. The number of nitrogens with zero attached hydrogens (tertiary/aromatic N) is 2. The van der Waals surface area contributed by atoms with Gasteiger partial charge in [-0.3, -0.25) is 9.78 Å². The van der Waals surface area contributed by atoms with Crippen molar-refractivity contribution in [3.8, 4) is 0 Å². The van der Waals surface area contributed by atoms with Crippen LogP contribution in [0, 0.1) is 12.8 Å². The van der Waals surface area contributed by atoms with Gasteiger partial charge in [-0.05, 0) is 50.4 Å². The third-order valence-corrected chi connectivity index (χ3v) is 3.80. The average Bonchev–Trinajstić information content (AvgIpc) is 2.45. The molecule has 4 nitrogen and oxygen atoms in total. The van der Waals surface area contributed by atoms with Crippen LogP contribution in [0.2, 0.25) is 0 Å². The lowest BCUT2D eigenvalue weighted by Crippen LogP contribution is -2.41. The Morgan fingerprint density at radius 1 is 1.38 bits per heavy atom. The fraction of sp³-hybridized carbons (Fsp3) is 0.600. The van der Waals surface area contributed by atoms with E-state index in [0.29, 0.717) is 11.6 Å². The van der Waals surface area contributed by atoms with Gasteiger partial charge in [0.05, 0.1) is 0 Å². The number of nitrogens with one attached hydrogen (secondary N) is 1. The summed E-state index contributed by atoms with van der Waals surface area (Å²) >= 11 is 0. The van der Waals surface area contributed by atoms with Crippen molar-refractivity contribution in [2.24, 2.45) is 5.92 Å². The maximum atomic E-state index is 12.4. The number of rotatable bonds is 4. The zero-order chi connectivity index (χ0) is 13.7. The van der Waals surface area contributed by atoms with Gasteiger partial charge in [0, 0.05) is 19.3 Å². The summed E-state index contributed by atoms with van der Waals surface area (Å²) in [4.78, 5) is 18.5. The number of likely N-dealkylation sites (tertiary alicyclic amines) is 1. The van der Waals surface area contributed by atoms with Crippen molar-refractivity contribution in [1.82, 2.24) is 15.2 Å². The topological polar surface area (TPSA) is 45.2 Å². The third-order valence-electron chi connectivity index (χ3n) is 3.80. The van der Waals surface area contributed by atoms with Crippen molar-refractivity contribution in [2.45, 2.75) is 26.7 Å². The first-order valence-electron chi connectivity index (χ1n) is 7.14. The first-order valence-corrected chi connectivity index (χ1v) is 7.14. The highest BCUT2D eigenvalue weighted by atomic mass is 35.5. The molecule has 2 heterocycles. The number of halogens is 2. The van der Waals surface area contributed by atoms with Crippen molar-refractivity contribution in [3.63, 3.8) is 0 Å². The summed E-state index contributed by atoms with van der Waals surface area (Å²) < 4.78 is 0. The second kappa shape index (κ2) is 9.98. The Balaban J connectivity index is 0.00000200. The Kier molecular flexibility index (Phi) is 9.58. The Bertz CT molecular complexity index is 435. The van der Waals surface area contributed by atoms with E-state index in [1.165, 1.54) is 0 Å². The fourth-order valence-corrected chi connectivity index (χ4v) is 2.55. The first kappa shape index (κ1) is 20.2. The molecule has 21 heavy (non-hydrogen) atoms. The van der Waals surface area contributed by atoms with Crippen molar-refractivity contribution < 1.29 is 4.79 Å². The zero-order valence-corrected chi connectivity index (χ0v) is 14.3. The monoisotopic (exact) mass is 333 g/mol. The lowest BCUT2D eigenvalue weighted by atomic mass is 9.96. The van der Waals surface area contributed by atoms with Gasteiger partial charge in [-0.15, -0.1) is 24.8 Å². The molecule has 0 aliphatic carbocycles. The molecule has 0 spiro atoms. The number of carbonyl (C=O) groups is 1. The van der Waals surface area contributed by atoms with E-state index in [1.54, 1.807) is 6.20 Å². The van der Waals surface area contributed by atoms with E-state index in [4.69, 9.17) is 0 Å². The van der Waals surface area contributed by atoms with Crippen LogP contribution in [0.15, 0.2) is 18.3 Å². The number of pyridine rings is 1. The molecule has 1 aliphatic heterocycles. The molecular weight excluding hydrogens is 309 g/mol. The molecule has 0 atom stereocenters. The van der Waals surface area contributed by atoms with Gasteiger partial charge in [0.1, 0.15) is 5.69 Å². The van der Waals surface area contributed by atoms with E-state index >= 15 is 0 Å². The zero-order valence-electron chi connectivity index (χ0n) is 12.7. The van der Waals surface area contributed by atoms with Crippen molar-refractivity contribution in [3.05, 3.63) is 29.6 Å². The second-order valence-corrected chi connectivity index (χ2v) is 5.21. The van der Waals surface area contributed by atoms with Crippen LogP contribution >= 0.6 is 24.8 Å². The fourth-order valence-electron chi connectivity index (χ4n) is 2.55. The van der Waals surface area contributed by atoms with Gasteiger partial charge in [-0.25, -0.2) is 0 Å². The number of aryl methyl sites for hydroxylation is 1. The molecule has 1 aromatic rings. The van der Waals surface area contributed by atoms with Crippen LogP contribution in [0.1, 0.15) is 35.8 Å². The summed E-state index contributed by atoms with van der Waals surface area (Å²) in [6, 6.07) is 3.81. The van der Waals surface area contributed by atoms with Gasteiger partial charge < -0.3 is 10.2 Å². The van der Waals surface area contributed by atoms with E-state index < -0.39 is 0 Å². The van der Waals surface area contributed by atoms with Gasteiger partial charge in [-0.2, -0.15) is 0 Å². The Hall–Kier alpha value is -0.840. The number of hydrogen-bond acceptors (Lipinski definition) is 3. The molecule has 2 rings (SSSR count). The van der Waals surface area contributed by atoms with Crippen LogP contribution in [0.25, 0.3) is 0 Å². The predicted octanol–water partition coefficient (Wildman–Crippen LogP) is 2.70. The molecule has 6 heteroatoms. The van der Waals surface area contributed by atoms with Gasteiger partial charge in [0.25, 0.3) is 5.91 Å². The number of hydrogen-bond donors (Lipinski definition) is 1. The minimum atomic E-state index is 0. The van der Waals surface area contributed by atoms with Crippen molar-refractivity contribution in [2.75, 3.05) is 26.2 Å². The highest BCUT2D eigenvalue weighted by molar-refractivity contribution is 5.93. The number of amides is 1. The molecule has 0 aromatic carbocycles. The number of carbonyl (C=O) groups excluding carboxylic acids is 1. The summed E-state index contributed by atoms with van der Waals surface area (Å²) in [5.41, 5.74) is 1.56. The first-order chi connectivity index (χ1) is 9.22. The highest BCUT2D eigenvalue weighted by Crippen LogP contribution is 2.18. The normalized spacial score (nSPS) is 15.0. The molecule has 0 unspecified atom stereocenters. The number of piperidine rings is 1. The van der Waals surface area contributed by atoms with Gasteiger partial charge >= 0.3 is 0 Å². The van der Waals surface area contributed by atoms with E-state index in [0.717, 1.165) is 44.6 Å². The SMILES string of the molecule is CCNCC1CCN(C(=O)c2ncccc2C)CC1.Cl.Cl. The second-order valence-electron chi connectivity index (χ2n) is 5.21. The van der Waals surface area contributed by atoms with Crippen molar-refractivity contribution >= 4 is 30.7 Å². The van der Waals surface area contributed by atoms with E-state index in [-0.39, 0.29) is 30.7 Å². The lowest BCUT2D eigenvalue weighted by Gasteiger charge is -2.32. The van der Waals surface area contributed by atoms with Gasteiger partial charge in [0.2, 0.25) is 0 Å². The lowest BCUT2D eigenvalue weighted by molar-refractivity contribution is 0.0683. The van der Waals surface area contributed by atoms with Crippen LogP contribution in [-0.2, 0) is 0 Å². The summed E-state index contributed by atoms with van der Waals surface area (Å²) in [6.07, 6.45) is 3.87. The van der Waals surface area contributed by atoms with Crippen LogP contribution in [0.3, 0.4) is 0 Å². The smallest absolute Gasteiger partial charge is 0.272 e. The molecular formula is C15H25Cl2N3O. The standard InChI is InChI=1S/C15H23N3O.2ClH/c1-3-16-11-13-6-9-18(10-7-13)15(19)14-12(2)5-4-8-17-14;;/h4-5,8,13,16H,3,6-7,9-11H2,1-2H3;2*1H. The maximum Gasteiger partial charge on any atom is 0.272 e. The molecule has 1 saturated heterocycles. The maximum absolute atomic E-state index is 12.4. The molecule has 1 fully saturated rings. The Labute approximate surface area is 139 Å². The quantitative estimate of drug-likeness (QED) is 0.921. The average molecular weight is 334 g/mol. The van der Waals surface area contributed by atoms with E-state index in [9.17, 15) is 4.79 Å². The Morgan fingerprint density at radius 3 is 2.62 bits per heavy atom. The van der Waals surface area contributed by atoms with Gasteiger partial charge in [0.15, 0.2) is 0 Å². The summed E-state index contributed by atoms with van der Waals surface area (Å²) in [7, 11) is 0. The molecule has 0 bridgehead atoms. The molecule has 120 valence electrons. The Morgan fingerprint density at radius 2 is 2.05 bits per heavy atom. The molecule has 1 amide bonds. The molecule has 1 aromatic heterocycles. The van der Waals surface area contributed by atoms with Crippen LogP contribution in [0.4, 0.5) is 0 Å². The van der Waals surface area contributed by atoms with Crippen molar-refractivity contribution in [1.29, 1.82) is 0 Å². The van der Waals surface area contributed by atoms with Crippen LogP contribution < -0.4 is 5.32 Å². The molecule has 1 N–H and O–H groups in total. The molecule has 0 radical (unpaired) electrons. The summed E-state index contributed by atoms with van der Waals surface area (Å²) in [5, 5.41) is 3.39. The van der Waals surface area contributed by atoms with Crippen LogP contribution in [0.5, 0.6) is 0 Å².